The molecule has 1 unspecified atom stereocenters. The van der Waals surface area contributed by atoms with E-state index in [0.717, 1.165) is 12.1 Å². The second kappa shape index (κ2) is 8.13. The standard InChI is InChI=1S/C17H29N3O2/c1-7-22-12-17(4,5)19-16(21)20(6)14(3)11-15-10-13(2)8-9-18-15/h8-10,14H,7,11-12H2,1-6H3,(H,19,21). The highest BCUT2D eigenvalue weighted by molar-refractivity contribution is 5.75. The average molecular weight is 307 g/mol. The number of carbonyl (C=O) groups excluding carboxylic acids is 1. The van der Waals surface area contributed by atoms with E-state index in [1.807, 2.05) is 53.9 Å². The van der Waals surface area contributed by atoms with Crippen LogP contribution in [0.15, 0.2) is 18.3 Å². The van der Waals surface area contributed by atoms with E-state index >= 15 is 0 Å². The zero-order valence-electron chi connectivity index (χ0n) is 14.6. The molecule has 1 aromatic heterocycles. The summed E-state index contributed by atoms with van der Waals surface area (Å²) in [4.78, 5) is 18.4. The Bertz CT molecular complexity index is 489. The molecule has 0 radical (unpaired) electrons. The fourth-order valence-electron chi connectivity index (χ4n) is 2.12. The first kappa shape index (κ1) is 18.4. The van der Waals surface area contributed by atoms with E-state index in [4.69, 9.17) is 4.74 Å². The Morgan fingerprint density at radius 2 is 2.18 bits per heavy atom. The molecule has 0 saturated heterocycles. The molecule has 0 saturated carbocycles. The van der Waals surface area contributed by atoms with Gasteiger partial charge in [-0.05, 0) is 52.3 Å². The maximum absolute atomic E-state index is 12.4. The van der Waals surface area contributed by atoms with Crippen molar-refractivity contribution in [3.63, 3.8) is 0 Å². The first-order valence-corrected chi connectivity index (χ1v) is 7.79. The van der Waals surface area contributed by atoms with Crippen molar-refractivity contribution in [1.82, 2.24) is 15.2 Å². The number of ether oxygens (including phenoxy) is 1. The molecule has 1 heterocycles. The predicted octanol–water partition coefficient (Wildman–Crippen LogP) is 2.78. The quantitative estimate of drug-likeness (QED) is 0.843. The molecule has 1 atom stereocenters. The lowest BCUT2D eigenvalue weighted by Crippen LogP contribution is -2.53. The summed E-state index contributed by atoms with van der Waals surface area (Å²) in [6.07, 6.45) is 2.54. The van der Waals surface area contributed by atoms with Crippen molar-refractivity contribution in [3.05, 3.63) is 29.6 Å². The molecule has 5 nitrogen and oxygen atoms in total. The van der Waals surface area contributed by atoms with Crippen molar-refractivity contribution in [2.45, 2.75) is 52.6 Å². The maximum atomic E-state index is 12.4. The molecule has 0 aliphatic carbocycles. The van der Waals surface area contributed by atoms with E-state index in [2.05, 4.69) is 16.4 Å². The normalized spacial score (nSPS) is 12.8. The number of aromatic nitrogens is 1. The Hall–Kier alpha value is -1.62. The number of rotatable bonds is 7. The van der Waals surface area contributed by atoms with E-state index < -0.39 is 0 Å². The van der Waals surface area contributed by atoms with E-state index in [9.17, 15) is 4.79 Å². The summed E-state index contributed by atoms with van der Waals surface area (Å²) in [6, 6.07) is 4.00. The lowest BCUT2D eigenvalue weighted by atomic mass is 10.1. The van der Waals surface area contributed by atoms with Gasteiger partial charge in [0.25, 0.3) is 0 Å². The van der Waals surface area contributed by atoms with Crippen molar-refractivity contribution < 1.29 is 9.53 Å². The van der Waals surface area contributed by atoms with Gasteiger partial charge in [-0.15, -0.1) is 0 Å². The van der Waals surface area contributed by atoms with Gasteiger partial charge in [-0.3, -0.25) is 4.98 Å². The minimum absolute atomic E-state index is 0.0668. The number of likely N-dealkylation sites (N-methyl/N-ethyl adjacent to an activating group) is 1. The van der Waals surface area contributed by atoms with Gasteiger partial charge in [0.05, 0.1) is 12.1 Å². The van der Waals surface area contributed by atoms with Crippen LogP contribution in [0.2, 0.25) is 0 Å². The number of amides is 2. The largest absolute Gasteiger partial charge is 0.379 e. The Morgan fingerprint density at radius 3 is 2.77 bits per heavy atom. The minimum Gasteiger partial charge on any atom is -0.379 e. The first-order chi connectivity index (χ1) is 10.2. The molecule has 0 spiro atoms. The molecule has 5 heteroatoms. The van der Waals surface area contributed by atoms with Crippen LogP contribution in [0.3, 0.4) is 0 Å². The van der Waals surface area contributed by atoms with Gasteiger partial charge in [0, 0.05) is 38.0 Å². The molecule has 1 rings (SSSR count). The van der Waals surface area contributed by atoms with E-state index in [1.54, 1.807) is 4.90 Å². The Kier molecular flexibility index (Phi) is 6.81. The topological polar surface area (TPSA) is 54.5 Å². The fourth-order valence-corrected chi connectivity index (χ4v) is 2.12. The van der Waals surface area contributed by atoms with Crippen LogP contribution in [0.25, 0.3) is 0 Å². The monoisotopic (exact) mass is 307 g/mol. The molecule has 1 N–H and O–H groups in total. The van der Waals surface area contributed by atoms with E-state index in [-0.39, 0.29) is 17.6 Å². The van der Waals surface area contributed by atoms with Crippen LogP contribution >= 0.6 is 0 Å². The van der Waals surface area contributed by atoms with Crippen LogP contribution in [0.4, 0.5) is 4.79 Å². The third-order valence-corrected chi connectivity index (χ3v) is 3.57. The highest BCUT2D eigenvalue weighted by Crippen LogP contribution is 2.09. The van der Waals surface area contributed by atoms with Gasteiger partial charge in [0.2, 0.25) is 0 Å². The van der Waals surface area contributed by atoms with E-state index in [1.165, 1.54) is 5.56 Å². The molecule has 0 fully saturated rings. The van der Waals surface area contributed by atoms with Gasteiger partial charge >= 0.3 is 6.03 Å². The van der Waals surface area contributed by atoms with Crippen LogP contribution in [-0.4, -0.2) is 47.8 Å². The molecule has 124 valence electrons. The van der Waals surface area contributed by atoms with Gasteiger partial charge in [0.1, 0.15) is 0 Å². The number of aryl methyl sites for hydroxylation is 1. The number of pyridine rings is 1. The molecule has 0 aromatic carbocycles. The van der Waals surface area contributed by atoms with Crippen molar-refractivity contribution in [3.8, 4) is 0 Å². The third kappa shape index (κ3) is 6.02. The molecule has 1 aromatic rings. The van der Waals surface area contributed by atoms with Crippen molar-refractivity contribution >= 4 is 6.03 Å². The zero-order chi connectivity index (χ0) is 16.8. The minimum atomic E-state index is -0.386. The fraction of sp³-hybridized carbons (Fsp3) is 0.647. The lowest BCUT2D eigenvalue weighted by molar-refractivity contribution is 0.0905. The number of hydrogen-bond donors (Lipinski definition) is 1. The molecule has 0 aliphatic heterocycles. The number of carbonyl (C=O) groups is 1. The van der Waals surface area contributed by atoms with Crippen LogP contribution in [0.5, 0.6) is 0 Å². The van der Waals surface area contributed by atoms with Crippen molar-refractivity contribution in [1.29, 1.82) is 0 Å². The Labute approximate surface area is 134 Å². The van der Waals surface area contributed by atoms with Gasteiger partial charge in [0.15, 0.2) is 0 Å². The average Bonchev–Trinajstić information content (AvgIpc) is 2.43. The van der Waals surface area contributed by atoms with Crippen LogP contribution in [0.1, 0.15) is 39.0 Å². The highest BCUT2D eigenvalue weighted by Gasteiger charge is 2.24. The van der Waals surface area contributed by atoms with Crippen LogP contribution in [0, 0.1) is 6.92 Å². The van der Waals surface area contributed by atoms with Gasteiger partial charge in [-0.25, -0.2) is 4.79 Å². The molecular weight excluding hydrogens is 278 g/mol. The molecule has 22 heavy (non-hydrogen) atoms. The molecule has 0 bridgehead atoms. The summed E-state index contributed by atoms with van der Waals surface area (Å²) in [5.74, 6) is 0. The predicted molar refractivity (Wildman–Crippen MR) is 89.0 cm³/mol. The number of nitrogens with one attached hydrogen (secondary N) is 1. The molecule has 2 amide bonds. The summed E-state index contributed by atoms with van der Waals surface area (Å²) < 4.78 is 5.40. The number of hydrogen-bond acceptors (Lipinski definition) is 3. The Balaban J connectivity index is 2.58. The second-order valence-corrected chi connectivity index (χ2v) is 6.44. The molecular formula is C17H29N3O2. The van der Waals surface area contributed by atoms with Crippen molar-refractivity contribution in [2.24, 2.45) is 0 Å². The molecule has 0 aliphatic rings. The number of nitrogens with zero attached hydrogens (tertiary/aromatic N) is 2. The van der Waals surface area contributed by atoms with Crippen LogP contribution < -0.4 is 5.32 Å². The SMILES string of the molecule is CCOCC(C)(C)NC(=O)N(C)C(C)Cc1cc(C)ccn1. The van der Waals surface area contributed by atoms with Gasteiger partial charge in [-0.1, -0.05) is 0 Å². The van der Waals surface area contributed by atoms with Crippen molar-refractivity contribution in [2.75, 3.05) is 20.3 Å². The summed E-state index contributed by atoms with van der Waals surface area (Å²) in [6.45, 7) is 11.1. The lowest BCUT2D eigenvalue weighted by Gasteiger charge is -2.31. The summed E-state index contributed by atoms with van der Waals surface area (Å²) >= 11 is 0. The Morgan fingerprint density at radius 1 is 1.50 bits per heavy atom. The van der Waals surface area contributed by atoms with Crippen LogP contribution in [-0.2, 0) is 11.2 Å². The smallest absolute Gasteiger partial charge is 0.317 e. The van der Waals surface area contributed by atoms with E-state index in [0.29, 0.717) is 13.2 Å². The summed E-state index contributed by atoms with van der Waals surface area (Å²) in [7, 11) is 1.81. The second-order valence-electron chi connectivity index (χ2n) is 6.44. The summed E-state index contributed by atoms with van der Waals surface area (Å²) in [5.41, 5.74) is 1.80. The van der Waals surface area contributed by atoms with Gasteiger partial charge < -0.3 is 15.0 Å². The maximum Gasteiger partial charge on any atom is 0.317 e. The van der Waals surface area contributed by atoms with Gasteiger partial charge in [-0.2, -0.15) is 0 Å². The number of urea groups is 1. The zero-order valence-corrected chi connectivity index (χ0v) is 14.6. The summed E-state index contributed by atoms with van der Waals surface area (Å²) in [5, 5.41) is 3.01. The third-order valence-electron chi connectivity index (χ3n) is 3.57. The first-order valence-electron chi connectivity index (χ1n) is 7.79. The highest BCUT2D eigenvalue weighted by atomic mass is 16.5.